The van der Waals surface area contributed by atoms with Gasteiger partial charge in [0.1, 0.15) is 12.3 Å². The first-order chi connectivity index (χ1) is 11.8. The lowest BCUT2D eigenvalue weighted by Crippen LogP contribution is -2.34. The fourth-order valence-electron chi connectivity index (χ4n) is 1.89. The Hall–Kier alpha value is -2.21. The van der Waals surface area contributed by atoms with E-state index < -0.39 is 10.2 Å². The van der Waals surface area contributed by atoms with Crippen LogP contribution in [0.25, 0.3) is 0 Å². The number of nitrogens with two attached hydrogens (primary N) is 1. The molecule has 0 unspecified atom stereocenters. The zero-order valence-corrected chi connectivity index (χ0v) is 14.7. The van der Waals surface area contributed by atoms with Gasteiger partial charge in [-0.05, 0) is 34.4 Å². The monoisotopic (exact) mass is 389 g/mol. The van der Waals surface area contributed by atoms with Crippen LogP contribution in [0, 0.1) is 6.92 Å². The summed E-state index contributed by atoms with van der Waals surface area (Å²) in [6.45, 7) is 1.72. The lowest BCUT2D eigenvalue weighted by atomic mass is 10.0. The summed E-state index contributed by atoms with van der Waals surface area (Å²) in [4.78, 5) is 0. The SMILES string of the molecule is Cc1ccc(C/C(=N\O)c2nonc2OCCNS(N)(=O)=O)cc1Cl. The number of benzene rings is 1. The van der Waals surface area contributed by atoms with Crippen LogP contribution < -0.4 is 14.6 Å². The zero-order valence-electron chi connectivity index (χ0n) is 13.1. The maximum absolute atomic E-state index is 10.8. The summed E-state index contributed by atoms with van der Waals surface area (Å²) in [6, 6.07) is 5.41. The highest BCUT2D eigenvalue weighted by molar-refractivity contribution is 7.87. The number of halogens is 1. The van der Waals surface area contributed by atoms with Crippen LogP contribution in [-0.4, -0.2) is 42.8 Å². The third-order valence-corrected chi connectivity index (χ3v) is 4.12. The molecule has 0 bridgehead atoms. The molecule has 10 nitrogen and oxygen atoms in total. The van der Waals surface area contributed by atoms with E-state index in [0.717, 1.165) is 11.1 Å². The molecule has 4 N–H and O–H groups in total. The van der Waals surface area contributed by atoms with Crippen molar-refractivity contribution in [3.05, 3.63) is 40.0 Å². The van der Waals surface area contributed by atoms with E-state index >= 15 is 0 Å². The number of oxime groups is 1. The summed E-state index contributed by atoms with van der Waals surface area (Å²) in [5.74, 6) is -0.0396. The summed E-state index contributed by atoms with van der Waals surface area (Å²) in [6.07, 6.45) is 0.205. The van der Waals surface area contributed by atoms with E-state index in [2.05, 4.69) is 24.8 Å². The first-order valence-corrected chi connectivity index (χ1v) is 8.91. The molecule has 0 fully saturated rings. The second kappa shape index (κ2) is 8.25. The van der Waals surface area contributed by atoms with Gasteiger partial charge in [0.2, 0.25) is 0 Å². The molecule has 0 saturated heterocycles. The highest BCUT2D eigenvalue weighted by Crippen LogP contribution is 2.20. The third-order valence-electron chi connectivity index (χ3n) is 3.10. The van der Waals surface area contributed by atoms with Crippen LogP contribution in [0.3, 0.4) is 0 Å². The number of nitrogens with zero attached hydrogens (tertiary/aromatic N) is 3. The minimum Gasteiger partial charge on any atom is -0.472 e. The molecule has 0 aliphatic rings. The van der Waals surface area contributed by atoms with Crippen LogP contribution in [0.4, 0.5) is 0 Å². The topological polar surface area (TPSA) is 153 Å². The molecule has 12 heteroatoms. The molecule has 1 heterocycles. The molecule has 136 valence electrons. The van der Waals surface area contributed by atoms with Gasteiger partial charge in [-0.1, -0.05) is 28.9 Å². The fraction of sp³-hybridized carbons (Fsp3) is 0.308. The van der Waals surface area contributed by atoms with Crippen molar-refractivity contribution in [2.75, 3.05) is 13.2 Å². The Balaban J connectivity index is 2.06. The van der Waals surface area contributed by atoms with Crippen molar-refractivity contribution in [3.63, 3.8) is 0 Å². The Morgan fingerprint density at radius 1 is 1.48 bits per heavy atom. The average Bonchev–Trinajstić information content (AvgIpc) is 3.00. The van der Waals surface area contributed by atoms with Crippen molar-refractivity contribution in [2.24, 2.45) is 10.3 Å². The fourth-order valence-corrected chi connectivity index (χ4v) is 2.46. The first-order valence-electron chi connectivity index (χ1n) is 6.99. The Kier molecular flexibility index (Phi) is 6.31. The van der Waals surface area contributed by atoms with Gasteiger partial charge in [0.05, 0.1) is 0 Å². The number of aromatic nitrogens is 2. The van der Waals surface area contributed by atoms with Gasteiger partial charge in [0.25, 0.3) is 16.1 Å². The zero-order chi connectivity index (χ0) is 18.4. The van der Waals surface area contributed by atoms with Gasteiger partial charge in [-0.3, -0.25) is 0 Å². The quantitative estimate of drug-likeness (QED) is 0.259. The number of hydrogen-bond donors (Lipinski definition) is 3. The van der Waals surface area contributed by atoms with Gasteiger partial charge in [-0.15, -0.1) is 0 Å². The van der Waals surface area contributed by atoms with Crippen LogP contribution in [0.1, 0.15) is 16.8 Å². The van der Waals surface area contributed by atoms with Gasteiger partial charge in [0.15, 0.2) is 5.69 Å². The first kappa shape index (κ1) is 19.1. The number of nitrogens with one attached hydrogen (secondary N) is 1. The molecule has 2 rings (SSSR count). The third kappa shape index (κ3) is 5.67. The molecule has 0 spiro atoms. The largest absolute Gasteiger partial charge is 0.472 e. The van der Waals surface area contributed by atoms with Crippen LogP contribution in [0.2, 0.25) is 5.02 Å². The summed E-state index contributed by atoms with van der Waals surface area (Å²) in [5.41, 5.74) is 1.95. The molecule has 0 aliphatic carbocycles. The van der Waals surface area contributed by atoms with Crippen LogP contribution in [-0.2, 0) is 16.6 Å². The summed E-state index contributed by atoms with van der Waals surface area (Å²) in [5, 5.41) is 25.1. The normalized spacial score (nSPS) is 12.4. The smallest absolute Gasteiger partial charge is 0.285 e. The minimum absolute atomic E-state index is 0.0396. The highest BCUT2D eigenvalue weighted by atomic mass is 35.5. The molecule has 25 heavy (non-hydrogen) atoms. The highest BCUT2D eigenvalue weighted by Gasteiger charge is 2.19. The molecule has 0 saturated carbocycles. The van der Waals surface area contributed by atoms with Crippen molar-refractivity contribution < 1.29 is 23.0 Å². The van der Waals surface area contributed by atoms with Crippen molar-refractivity contribution in [1.29, 1.82) is 0 Å². The number of rotatable bonds is 8. The van der Waals surface area contributed by atoms with E-state index in [4.69, 9.17) is 21.5 Å². The second-order valence-corrected chi connectivity index (χ2v) is 6.80. The molecule has 0 radical (unpaired) electrons. The molecule has 2 aromatic rings. The van der Waals surface area contributed by atoms with Gasteiger partial charge in [-0.2, -0.15) is 13.1 Å². The van der Waals surface area contributed by atoms with E-state index in [-0.39, 0.29) is 36.9 Å². The maximum Gasteiger partial charge on any atom is 0.285 e. The van der Waals surface area contributed by atoms with Crippen LogP contribution in [0.15, 0.2) is 28.0 Å². The molecular formula is C13H16ClN5O5S. The number of hydrogen-bond acceptors (Lipinski definition) is 8. The van der Waals surface area contributed by atoms with E-state index in [0.29, 0.717) is 5.02 Å². The summed E-state index contributed by atoms with van der Waals surface area (Å²) >= 11 is 6.08. The summed E-state index contributed by atoms with van der Waals surface area (Å²) in [7, 11) is -3.81. The molecule has 0 amide bonds. The molecule has 0 aliphatic heterocycles. The lowest BCUT2D eigenvalue weighted by molar-refractivity contribution is 0.258. The maximum atomic E-state index is 10.8. The van der Waals surface area contributed by atoms with Gasteiger partial charge < -0.3 is 9.94 Å². The van der Waals surface area contributed by atoms with Gasteiger partial charge >= 0.3 is 0 Å². The summed E-state index contributed by atoms with van der Waals surface area (Å²) < 4.78 is 33.5. The second-order valence-electron chi connectivity index (χ2n) is 5.01. The standard InChI is InChI=1S/C13H16ClN5O5S/c1-8-2-3-9(6-10(8)14)7-11(17-20)12-13(19-24-18-12)23-5-4-16-25(15,21)22/h2-3,6,16,20H,4-5,7H2,1H3,(H2,15,21,22)/b17-11+. The molecule has 1 aromatic carbocycles. The van der Waals surface area contributed by atoms with Crippen molar-refractivity contribution >= 4 is 27.5 Å². The van der Waals surface area contributed by atoms with Crippen molar-refractivity contribution in [2.45, 2.75) is 13.3 Å². The molecular weight excluding hydrogens is 374 g/mol. The van der Waals surface area contributed by atoms with Crippen molar-refractivity contribution in [1.82, 2.24) is 15.0 Å². The molecule has 1 aromatic heterocycles. The van der Waals surface area contributed by atoms with Gasteiger partial charge in [-0.25, -0.2) is 9.77 Å². The van der Waals surface area contributed by atoms with E-state index in [9.17, 15) is 13.6 Å². The van der Waals surface area contributed by atoms with E-state index in [1.807, 2.05) is 19.1 Å². The molecule has 0 atom stereocenters. The number of aryl methyl sites for hydroxylation is 1. The Bertz CT molecular complexity index is 867. The Morgan fingerprint density at radius 3 is 2.88 bits per heavy atom. The number of ether oxygens (including phenoxy) is 1. The van der Waals surface area contributed by atoms with Crippen molar-refractivity contribution in [3.8, 4) is 5.88 Å². The van der Waals surface area contributed by atoms with Gasteiger partial charge in [0, 0.05) is 18.0 Å². The van der Waals surface area contributed by atoms with Crippen LogP contribution >= 0.6 is 11.6 Å². The van der Waals surface area contributed by atoms with E-state index in [1.165, 1.54) is 0 Å². The lowest BCUT2D eigenvalue weighted by Gasteiger charge is -2.06. The van der Waals surface area contributed by atoms with E-state index in [1.54, 1.807) is 6.07 Å². The minimum atomic E-state index is -3.81. The Labute approximate surface area is 148 Å². The van der Waals surface area contributed by atoms with Crippen LogP contribution in [0.5, 0.6) is 5.88 Å². The Morgan fingerprint density at radius 2 is 2.24 bits per heavy atom. The average molecular weight is 390 g/mol. The predicted octanol–water partition coefficient (Wildman–Crippen LogP) is 0.624. The predicted molar refractivity (Wildman–Crippen MR) is 89.1 cm³/mol.